The van der Waals surface area contributed by atoms with E-state index in [4.69, 9.17) is 18.9 Å². The summed E-state index contributed by atoms with van der Waals surface area (Å²) in [6.45, 7) is 8.55. The summed E-state index contributed by atoms with van der Waals surface area (Å²) in [5.74, 6) is -1.52. The molecule has 2 fully saturated rings. The Morgan fingerprint density at radius 3 is 2.37 bits per heavy atom. The van der Waals surface area contributed by atoms with Gasteiger partial charge in [0.2, 0.25) is 12.7 Å². The minimum atomic E-state index is -1.05. The van der Waals surface area contributed by atoms with Gasteiger partial charge in [-0.2, -0.15) is 0 Å². The number of ether oxygens (including phenoxy) is 4. The van der Waals surface area contributed by atoms with Gasteiger partial charge in [0.05, 0.1) is 30.5 Å². The lowest BCUT2D eigenvalue weighted by Gasteiger charge is -2.31. The number of nitrogens with one attached hydrogen (secondary N) is 1. The maximum absolute atomic E-state index is 12.8. The predicted molar refractivity (Wildman–Crippen MR) is 131 cm³/mol. The van der Waals surface area contributed by atoms with E-state index in [-0.39, 0.29) is 18.5 Å². The van der Waals surface area contributed by atoms with Crippen LogP contribution < -0.4 is 5.32 Å². The maximum atomic E-state index is 12.8. The molecule has 0 aromatic rings. The molecule has 10 nitrogen and oxygen atoms in total. The van der Waals surface area contributed by atoms with Crippen molar-refractivity contribution in [1.29, 1.82) is 0 Å². The minimum absolute atomic E-state index is 0.140. The van der Waals surface area contributed by atoms with Crippen molar-refractivity contribution < 1.29 is 38.1 Å². The topological polar surface area (TPSA) is 120 Å². The number of thioether (sulfide) groups is 1. The molecule has 11 heteroatoms. The molecule has 0 aromatic heterocycles. The second kappa shape index (κ2) is 15.3. The zero-order chi connectivity index (χ0) is 25.7. The molecule has 2 aliphatic rings. The molecular formula is C24H40N2O8S. The van der Waals surface area contributed by atoms with Gasteiger partial charge in [-0.05, 0) is 57.8 Å². The summed E-state index contributed by atoms with van der Waals surface area (Å²) in [6.07, 6.45) is 6.28. The second-order valence-corrected chi connectivity index (χ2v) is 11.1. The van der Waals surface area contributed by atoms with E-state index in [9.17, 15) is 19.2 Å². The van der Waals surface area contributed by atoms with E-state index in [1.807, 2.05) is 0 Å². The fourth-order valence-corrected chi connectivity index (χ4v) is 4.94. The van der Waals surface area contributed by atoms with Crippen molar-refractivity contribution in [2.45, 2.75) is 76.5 Å². The highest BCUT2D eigenvalue weighted by Gasteiger charge is 2.40. The van der Waals surface area contributed by atoms with Crippen molar-refractivity contribution in [3.63, 3.8) is 0 Å². The first kappa shape index (κ1) is 29.4. The van der Waals surface area contributed by atoms with Gasteiger partial charge < -0.3 is 24.3 Å². The molecule has 0 spiro atoms. The number of rotatable bonds is 12. The molecule has 200 valence electrons. The summed E-state index contributed by atoms with van der Waals surface area (Å²) in [7, 11) is 0. The smallest absolute Gasteiger partial charge is 0.370 e. The van der Waals surface area contributed by atoms with Crippen LogP contribution in [0.1, 0.15) is 65.7 Å². The van der Waals surface area contributed by atoms with Crippen LogP contribution in [0, 0.1) is 5.92 Å². The Hall–Kier alpha value is -1.85. The Kier molecular flexibility index (Phi) is 12.8. The first-order valence-corrected chi connectivity index (χ1v) is 13.3. The molecule has 1 saturated heterocycles. The Labute approximate surface area is 212 Å². The van der Waals surface area contributed by atoms with Crippen LogP contribution in [0.2, 0.25) is 0 Å². The fraction of sp³-hybridized carbons (Fsp3) is 0.833. The summed E-state index contributed by atoms with van der Waals surface area (Å²) >= 11 is 0.744. The van der Waals surface area contributed by atoms with Gasteiger partial charge in [-0.25, -0.2) is 9.59 Å². The molecule has 0 unspecified atom stereocenters. The molecule has 1 amide bonds. The van der Waals surface area contributed by atoms with Crippen molar-refractivity contribution in [2.24, 2.45) is 5.92 Å². The molecule has 35 heavy (non-hydrogen) atoms. The Bertz CT molecular complexity index is 706. The minimum Gasteiger partial charge on any atom is -0.464 e. The second-order valence-electron chi connectivity index (χ2n) is 9.48. The highest BCUT2D eigenvalue weighted by atomic mass is 32.2. The quantitative estimate of drug-likeness (QED) is 0.235. The van der Waals surface area contributed by atoms with E-state index in [0.717, 1.165) is 83.1 Å². The van der Waals surface area contributed by atoms with Crippen LogP contribution in [0.4, 0.5) is 4.79 Å². The SMILES string of the molecule is CC(=O)N[C@@H](C(=O)OCCCCN1CCOCC1)C(C)(C)SC(=O)OCOC(=O)C1CCCCC1. The lowest BCUT2D eigenvalue weighted by Crippen LogP contribution is -2.53. The van der Waals surface area contributed by atoms with Crippen LogP contribution >= 0.6 is 11.8 Å². The number of carbonyl (C=O) groups excluding carboxylic acids is 4. The number of hydrogen-bond acceptors (Lipinski definition) is 10. The van der Waals surface area contributed by atoms with Gasteiger partial charge in [0, 0.05) is 20.0 Å². The summed E-state index contributed by atoms with van der Waals surface area (Å²) in [6, 6.07) is -1.05. The highest BCUT2D eigenvalue weighted by Crippen LogP contribution is 2.31. The maximum Gasteiger partial charge on any atom is 0.370 e. The number of hydrogen-bond donors (Lipinski definition) is 1. The molecule has 1 aliphatic carbocycles. The van der Waals surface area contributed by atoms with Crippen molar-refractivity contribution in [2.75, 3.05) is 46.2 Å². The van der Waals surface area contributed by atoms with Crippen LogP contribution in [0.5, 0.6) is 0 Å². The molecular weight excluding hydrogens is 476 g/mol. The average molecular weight is 517 g/mol. The number of esters is 2. The largest absolute Gasteiger partial charge is 0.464 e. The van der Waals surface area contributed by atoms with Gasteiger partial charge in [-0.3, -0.25) is 14.5 Å². The zero-order valence-electron chi connectivity index (χ0n) is 21.2. The molecule has 1 heterocycles. The van der Waals surface area contributed by atoms with Gasteiger partial charge >= 0.3 is 17.2 Å². The molecule has 1 aliphatic heterocycles. The van der Waals surface area contributed by atoms with Crippen LogP contribution in [0.15, 0.2) is 0 Å². The molecule has 0 aromatic carbocycles. The third-order valence-corrected chi connectivity index (χ3v) is 7.20. The molecule has 1 saturated carbocycles. The zero-order valence-corrected chi connectivity index (χ0v) is 22.0. The summed E-state index contributed by atoms with van der Waals surface area (Å²) in [4.78, 5) is 51.2. The van der Waals surface area contributed by atoms with Crippen LogP contribution in [-0.4, -0.2) is 85.1 Å². The predicted octanol–water partition coefficient (Wildman–Crippen LogP) is 2.88. The van der Waals surface area contributed by atoms with Crippen molar-refractivity contribution in [3.8, 4) is 0 Å². The van der Waals surface area contributed by atoms with E-state index >= 15 is 0 Å². The van der Waals surface area contributed by atoms with Crippen molar-refractivity contribution in [3.05, 3.63) is 0 Å². The first-order valence-electron chi connectivity index (χ1n) is 12.5. The average Bonchev–Trinajstić information content (AvgIpc) is 2.82. The number of morpholine rings is 1. The van der Waals surface area contributed by atoms with Crippen LogP contribution in [0.25, 0.3) is 0 Å². The normalized spacial score (nSPS) is 18.4. The molecule has 0 bridgehead atoms. The summed E-state index contributed by atoms with van der Waals surface area (Å²) < 4.78 is 19.8. The first-order chi connectivity index (χ1) is 16.7. The molecule has 1 atom stereocenters. The Morgan fingerprint density at radius 1 is 1.03 bits per heavy atom. The highest BCUT2D eigenvalue weighted by molar-refractivity contribution is 8.14. The van der Waals surface area contributed by atoms with E-state index in [0.29, 0.717) is 6.42 Å². The standard InChI is InChI=1S/C24H40N2O8S/c1-18(27)25-20(22(29)32-14-8-7-11-26-12-15-31-16-13-26)24(2,3)35-23(30)34-17-33-21(28)19-9-5-4-6-10-19/h19-20H,4-17H2,1-3H3,(H,25,27)/t20-/m0/s1. The van der Waals surface area contributed by atoms with Crippen molar-refractivity contribution >= 4 is 34.9 Å². The number of nitrogens with zero attached hydrogens (tertiary/aromatic N) is 1. The summed E-state index contributed by atoms with van der Waals surface area (Å²) in [5, 5.41) is 1.88. The van der Waals surface area contributed by atoms with E-state index in [1.54, 1.807) is 13.8 Å². The summed E-state index contributed by atoms with van der Waals surface area (Å²) in [5.41, 5.74) is 0. The van der Waals surface area contributed by atoms with Gasteiger partial charge in [0.25, 0.3) is 0 Å². The van der Waals surface area contributed by atoms with Crippen LogP contribution in [0.3, 0.4) is 0 Å². The van der Waals surface area contributed by atoms with Crippen molar-refractivity contribution in [1.82, 2.24) is 10.2 Å². The monoisotopic (exact) mass is 516 g/mol. The third-order valence-electron chi connectivity index (χ3n) is 6.16. The van der Waals surface area contributed by atoms with Gasteiger partial charge in [-0.15, -0.1) is 0 Å². The number of carbonyl (C=O) groups is 4. The fourth-order valence-electron chi connectivity index (χ4n) is 4.13. The van der Waals surface area contributed by atoms with Gasteiger partial charge in [0.1, 0.15) is 6.04 Å². The number of unbranched alkanes of at least 4 members (excludes halogenated alkanes) is 1. The Morgan fingerprint density at radius 2 is 1.71 bits per heavy atom. The Balaban J connectivity index is 1.74. The third kappa shape index (κ3) is 11.2. The van der Waals surface area contributed by atoms with E-state index < -0.39 is 34.8 Å². The van der Waals surface area contributed by atoms with E-state index in [1.165, 1.54) is 6.92 Å². The lowest BCUT2D eigenvalue weighted by molar-refractivity contribution is -0.157. The molecule has 1 N–H and O–H groups in total. The van der Waals surface area contributed by atoms with Crippen LogP contribution in [-0.2, 0) is 33.3 Å². The van der Waals surface area contributed by atoms with Gasteiger partial charge in [-0.1, -0.05) is 19.3 Å². The molecule has 0 radical (unpaired) electrons. The number of amides is 1. The van der Waals surface area contributed by atoms with E-state index in [2.05, 4.69) is 10.2 Å². The van der Waals surface area contributed by atoms with Gasteiger partial charge in [0.15, 0.2) is 0 Å². The lowest BCUT2D eigenvalue weighted by atomic mass is 9.89. The molecule has 2 rings (SSSR count).